The third-order valence-electron chi connectivity index (χ3n) is 6.20. The Balaban J connectivity index is 0.00000272. The molecule has 31 heavy (non-hydrogen) atoms. The lowest BCUT2D eigenvalue weighted by Crippen LogP contribution is -2.43. The van der Waals surface area contributed by atoms with Crippen LogP contribution in [-0.4, -0.2) is 47.3 Å². The van der Waals surface area contributed by atoms with Crippen LogP contribution in [0.2, 0.25) is 0 Å². The zero-order valence-corrected chi connectivity index (χ0v) is 20.9. The molecule has 2 bridgehead atoms. The second kappa shape index (κ2) is 9.30. The van der Waals surface area contributed by atoms with Crippen LogP contribution in [0, 0.1) is 23.7 Å². The predicted molar refractivity (Wildman–Crippen MR) is 128 cm³/mol. The van der Waals surface area contributed by atoms with Crippen LogP contribution in [-0.2, 0) is 21.5 Å². The molecule has 9 heteroatoms. The van der Waals surface area contributed by atoms with Gasteiger partial charge in [-0.25, -0.2) is 9.98 Å². The van der Waals surface area contributed by atoms with Crippen molar-refractivity contribution >= 4 is 41.8 Å². The molecule has 1 aliphatic heterocycles. The van der Waals surface area contributed by atoms with Gasteiger partial charge in [-0.05, 0) is 25.2 Å². The van der Waals surface area contributed by atoms with Crippen LogP contribution in [0.1, 0.15) is 45.8 Å². The number of fused-ring (bicyclic) bond motifs is 5. The Hall–Kier alpha value is -1.91. The van der Waals surface area contributed by atoms with E-state index >= 15 is 0 Å². The molecular weight excluding hydrogens is 509 g/mol. The van der Waals surface area contributed by atoms with Gasteiger partial charge in [0.2, 0.25) is 17.7 Å². The van der Waals surface area contributed by atoms with Crippen molar-refractivity contribution in [2.75, 3.05) is 19.6 Å². The maximum atomic E-state index is 12.8. The van der Waals surface area contributed by atoms with Gasteiger partial charge in [-0.1, -0.05) is 32.9 Å². The van der Waals surface area contributed by atoms with Crippen molar-refractivity contribution in [3.8, 4) is 0 Å². The van der Waals surface area contributed by atoms with E-state index in [1.807, 2.05) is 6.92 Å². The van der Waals surface area contributed by atoms with Crippen LogP contribution in [0.25, 0.3) is 0 Å². The summed E-state index contributed by atoms with van der Waals surface area (Å²) < 4.78 is 5.78. The Kier molecular flexibility index (Phi) is 7.12. The molecule has 0 spiro atoms. The van der Waals surface area contributed by atoms with Gasteiger partial charge in [0, 0.05) is 25.0 Å². The monoisotopic (exact) mass is 541 g/mol. The van der Waals surface area contributed by atoms with Gasteiger partial charge in [0.15, 0.2) is 5.96 Å². The van der Waals surface area contributed by atoms with E-state index in [-0.39, 0.29) is 64.9 Å². The van der Waals surface area contributed by atoms with Gasteiger partial charge in [0.1, 0.15) is 12.3 Å². The number of imide groups is 1. The molecule has 8 nitrogen and oxygen atoms in total. The molecule has 1 aromatic rings. The Bertz CT molecular complexity index is 858. The first-order valence-electron chi connectivity index (χ1n) is 10.8. The highest BCUT2D eigenvalue weighted by Crippen LogP contribution is 2.52. The third-order valence-corrected chi connectivity index (χ3v) is 6.20. The number of aliphatic imine (C=N–C) groups is 1. The van der Waals surface area contributed by atoms with Crippen LogP contribution in [0.3, 0.4) is 0 Å². The number of hydrogen-bond acceptors (Lipinski definition) is 5. The average Bonchev–Trinajstić information content (AvgIpc) is 3.45. The lowest BCUT2D eigenvalue weighted by atomic mass is 9.85. The van der Waals surface area contributed by atoms with E-state index < -0.39 is 0 Å². The number of aromatic nitrogens is 1. The molecular formula is C22H32IN5O3. The maximum Gasteiger partial charge on any atom is 0.233 e. The van der Waals surface area contributed by atoms with Crippen LogP contribution in [0.15, 0.2) is 27.8 Å². The number of carbonyl (C=O) groups excluding carboxylic acids is 2. The fraction of sp³-hybridized carbons (Fsp3) is 0.636. The van der Waals surface area contributed by atoms with E-state index in [0.717, 1.165) is 12.2 Å². The Morgan fingerprint density at radius 1 is 1.19 bits per heavy atom. The van der Waals surface area contributed by atoms with Gasteiger partial charge in [0.05, 0.1) is 18.0 Å². The number of likely N-dealkylation sites (tertiary alicyclic amines) is 1. The number of oxazole rings is 1. The molecule has 0 aromatic carbocycles. The molecule has 1 saturated carbocycles. The molecule has 170 valence electrons. The molecule has 4 unspecified atom stereocenters. The lowest BCUT2D eigenvalue weighted by molar-refractivity contribution is -0.140. The number of guanidine groups is 1. The molecule has 0 radical (unpaired) electrons. The number of amides is 2. The molecule has 4 atom stereocenters. The third kappa shape index (κ3) is 4.65. The summed E-state index contributed by atoms with van der Waals surface area (Å²) in [5.41, 5.74) is -0.0974. The van der Waals surface area contributed by atoms with Gasteiger partial charge in [0.25, 0.3) is 0 Å². The second-order valence-electron chi connectivity index (χ2n) is 9.32. The molecule has 2 heterocycles. The molecule has 2 N–H and O–H groups in total. The zero-order valence-electron chi connectivity index (χ0n) is 18.6. The summed E-state index contributed by atoms with van der Waals surface area (Å²) in [5, 5.41) is 6.38. The number of rotatable bonds is 6. The quantitative estimate of drug-likeness (QED) is 0.189. The van der Waals surface area contributed by atoms with E-state index in [0.29, 0.717) is 38.0 Å². The molecule has 2 amide bonds. The van der Waals surface area contributed by atoms with Crippen molar-refractivity contribution in [2.24, 2.45) is 28.7 Å². The van der Waals surface area contributed by atoms with Gasteiger partial charge in [-0.3, -0.25) is 14.5 Å². The van der Waals surface area contributed by atoms with Crippen LogP contribution < -0.4 is 10.6 Å². The molecule has 2 fully saturated rings. The van der Waals surface area contributed by atoms with Crippen molar-refractivity contribution in [2.45, 2.75) is 46.1 Å². The van der Waals surface area contributed by atoms with Crippen molar-refractivity contribution in [3.63, 3.8) is 0 Å². The van der Waals surface area contributed by atoms with Crippen molar-refractivity contribution in [1.29, 1.82) is 0 Å². The molecule has 3 aliphatic rings. The van der Waals surface area contributed by atoms with E-state index in [1.54, 1.807) is 6.20 Å². The Labute approximate surface area is 200 Å². The second-order valence-corrected chi connectivity index (χ2v) is 9.32. The van der Waals surface area contributed by atoms with Crippen molar-refractivity contribution in [3.05, 3.63) is 30.0 Å². The number of allylic oxidation sites excluding steroid dienone is 2. The topological polar surface area (TPSA) is 99.8 Å². The molecule has 4 rings (SSSR count). The van der Waals surface area contributed by atoms with Crippen molar-refractivity contribution < 1.29 is 14.0 Å². The lowest BCUT2D eigenvalue weighted by Gasteiger charge is -2.18. The number of nitrogens with zero attached hydrogens (tertiary/aromatic N) is 3. The zero-order chi connectivity index (χ0) is 21.5. The minimum Gasteiger partial charge on any atom is -0.443 e. The average molecular weight is 541 g/mol. The van der Waals surface area contributed by atoms with E-state index in [1.165, 1.54) is 4.90 Å². The molecule has 1 saturated heterocycles. The van der Waals surface area contributed by atoms with Crippen molar-refractivity contribution in [1.82, 2.24) is 20.5 Å². The highest BCUT2D eigenvalue weighted by molar-refractivity contribution is 14.0. The van der Waals surface area contributed by atoms with Crippen LogP contribution in [0.5, 0.6) is 0 Å². The summed E-state index contributed by atoms with van der Waals surface area (Å²) in [4.78, 5) is 35.8. The van der Waals surface area contributed by atoms with E-state index in [4.69, 9.17) is 4.42 Å². The van der Waals surface area contributed by atoms with Crippen LogP contribution >= 0.6 is 24.0 Å². The summed E-state index contributed by atoms with van der Waals surface area (Å²) in [6, 6.07) is 0. The smallest absolute Gasteiger partial charge is 0.233 e. The maximum absolute atomic E-state index is 12.8. The molecule has 1 aromatic heterocycles. The summed E-state index contributed by atoms with van der Waals surface area (Å²) >= 11 is 0. The largest absolute Gasteiger partial charge is 0.443 e. The predicted octanol–water partition coefficient (Wildman–Crippen LogP) is 2.45. The standard InChI is InChI=1S/C22H31N5O3.HI/c1-5-23-21(26-12-16-25-11-15(30-16)22(2,3)4)24-8-9-27-19(28)17-13-6-7-14(10-13)18(17)20(27)29;/h6-7,11,13-14,17-18H,5,8-10,12H2,1-4H3,(H2,23,24,26);1H. The van der Waals surface area contributed by atoms with Crippen LogP contribution in [0.4, 0.5) is 0 Å². The first kappa shape index (κ1) is 23.7. The number of nitrogens with one attached hydrogen (secondary N) is 2. The number of carbonyl (C=O) groups is 2. The highest BCUT2D eigenvalue weighted by Gasteiger charge is 2.58. The highest BCUT2D eigenvalue weighted by atomic mass is 127. The Morgan fingerprint density at radius 3 is 2.39 bits per heavy atom. The number of hydrogen-bond donors (Lipinski definition) is 2. The number of halogens is 1. The van der Waals surface area contributed by atoms with Gasteiger partial charge in [-0.15, -0.1) is 24.0 Å². The fourth-order valence-electron chi connectivity index (χ4n) is 4.69. The summed E-state index contributed by atoms with van der Waals surface area (Å²) in [6.07, 6.45) is 6.92. The minimum absolute atomic E-state index is 0. The van der Waals surface area contributed by atoms with Gasteiger partial charge >= 0.3 is 0 Å². The summed E-state index contributed by atoms with van der Waals surface area (Å²) in [7, 11) is 0. The van der Waals surface area contributed by atoms with Gasteiger partial charge in [-0.2, -0.15) is 0 Å². The normalized spacial score (nSPS) is 27.0. The first-order chi connectivity index (χ1) is 14.3. The minimum atomic E-state index is -0.142. The summed E-state index contributed by atoms with van der Waals surface area (Å²) in [6.45, 7) is 10.0. The summed E-state index contributed by atoms with van der Waals surface area (Å²) in [5.74, 6) is 2.16. The van der Waals surface area contributed by atoms with Gasteiger partial charge < -0.3 is 15.1 Å². The Morgan fingerprint density at radius 2 is 1.84 bits per heavy atom. The first-order valence-corrected chi connectivity index (χ1v) is 10.8. The molecule has 2 aliphatic carbocycles. The fourth-order valence-corrected chi connectivity index (χ4v) is 4.69. The van der Waals surface area contributed by atoms with E-state index in [9.17, 15) is 9.59 Å². The van der Waals surface area contributed by atoms with E-state index in [2.05, 4.69) is 53.5 Å². The SMILES string of the molecule is CCNC(=NCc1ncc(C(C)(C)C)o1)NCCN1C(=O)C2C3C=CC(C3)C2C1=O.I.